The van der Waals surface area contributed by atoms with Crippen LogP contribution in [0.1, 0.15) is 39.5 Å². The van der Waals surface area contributed by atoms with Crippen LogP contribution in [0, 0.1) is 5.92 Å². The van der Waals surface area contributed by atoms with Crippen molar-refractivity contribution in [3.63, 3.8) is 0 Å². The lowest BCUT2D eigenvalue weighted by atomic mass is 10.0. The molecule has 116 valence electrons. The van der Waals surface area contributed by atoms with Crippen LogP contribution in [-0.4, -0.2) is 58.0 Å². The summed E-state index contributed by atoms with van der Waals surface area (Å²) in [5, 5.41) is 0. The van der Waals surface area contributed by atoms with E-state index < -0.39 is 0 Å². The van der Waals surface area contributed by atoms with Crippen LogP contribution < -0.4 is 5.73 Å². The van der Waals surface area contributed by atoms with E-state index in [9.17, 15) is 0 Å². The zero-order valence-corrected chi connectivity index (χ0v) is 13.4. The van der Waals surface area contributed by atoms with Gasteiger partial charge in [-0.1, -0.05) is 13.3 Å². The van der Waals surface area contributed by atoms with Gasteiger partial charge in [0.25, 0.3) is 0 Å². The Hall–Kier alpha value is -0.160. The van der Waals surface area contributed by atoms with Gasteiger partial charge < -0.3 is 20.1 Å². The molecule has 4 nitrogen and oxygen atoms in total. The van der Waals surface area contributed by atoms with Gasteiger partial charge in [0, 0.05) is 46.5 Å². The fourth-order valence-corrected chi connectivity index (χ4v) is 2.27. The first-order valence-electron chi connectivity index (χ1n) is 7.56. The molecule has 0 heterocycles. The topological polar surface area (TPSA) is 47.7 Å². The monoisotopic (exact) mass is 274 g/mol. The molecule has 0 saturated carbocycles. The number of hydrogen-bond donors (Lipinski definition) is 1. The highest BCUT2D eigenvalue weighted by atomic mass is 16.5. The van der Waals surface area contributed by atoms with Crippen molar-refractivity contribution in [2.45, 2.75) is 45.6 Å². The van der Waals surface area contributed by atoms with E-state index in [1.807, 2.05) is 0 Å². The molecule has 2 unspecified atom stereocenters. The van der Waals surface area contributed by atoms with Crippen molar-refractivity contribution < 1.29 is 9.47 Å². The van der Waals surface area contributed by atoms with Crippen molar-refractivity contribution in [1.29, 1.82) is 0 Å². The molecule has 0 spiro atoms. The molecule has 19 heavy (non-hydrogen) atoms. The minimum atomic E-state index is 0.332. The van der Waals surface area contributed by atoms with E-state index >= 15 is 0 Å². The van der Waals surface area contributed by atoms with E-state index in [-0.39, 0.29) is 0 Å². The smallest absolute Gasteiger partial charge is 0.0589 e. The second-order valence-corrected chi connectivity index (χ2v) is 5.65. The third-order valence-electron chi connectivity index (χ3n) is 3.36. The van der Waals surface area contributed by atoms with Crippen LogP contribution in [0.15, 0.2) is 0 Å². The van der Waals surface area contributed by atoms with Gasteiger partial charge in [-0.2, -0.15) is 0 Å². The van der Waals surface area contributed by atoms with Crippen LogP contribution in [-0.2, 0) is 9.47 Å². The van der Waals surface area contributed by atoms with Gasteiger partial charge in [-0.25, -0.2) is 0 Å². The number of nitrogens with zero attached hydrogens (tertiary/aromatic N) is 1. The van der Waals surface area contributed by atoms with Gasteiger partial charge >= 0.3 is 0 Å². The fourth-order valence-electron chi connectivity index (χ4n) is 2.27. The number of nitrogens with two attached hydrogens (primary N) is 1. The molecule has 0 rings (SSSR count). The molecule has 0 amide bonds. The second-order valence-electron chi connectivity index (χ2n) is 5.65. The van der Waals surface area contributed by atoms with E-state index in [0.717, 1.165) is 51.6 Å². The molecule has 4 heteroatoms. The molecule has 0 aliphatic heterocycles. The van der Waals surface area contributed by atoms with Crippen LogP contribution in [0.3, 0.4) is 0 Å². The number of rotatable bonds is 13. The van der Waals surface area contributed by atoms with E-state index in [1.165, 1.54) is 12.8 Å². The highest BCUT2D eigenvalue weighted by Gasteiger charge is 2.10. The molecule has 0 aromatic heterocycles. The highest BCUT2D eigenvalue weighted by Crippen LogP contribution is 2.11. The van der Waals surface area contributed by atoms with Gasteiger partial charge in [-0.05, 0) is 32.1 Å². The Balaban J connectivity index is 3.85. The van der Waals surface area contributed by atoms with Crippen LogP contribution in [0.5, 0.6) is 0 Å². The fraction of sp³-hybridized carbons (Fsp3) is 1.00. The first-order chi connectivity index (χ1) is 9.10. The average molecular weight is 274 g/mol. The maximum Gasteiger partial charge on any atom is 0.0589 e. The van der Waals surface area contributed by atoms with Crippen molar-refractivity contribution >= 4 is 0 Å². The van der Waals surface area contributed by atoms with Gasteiger partial charge in [0.2, 0.25) is 0 Å². The molecule has 0 aliphatic carbocycles. The van der Waals surface area contributed by atoms with Crippen molar-refractivity contribution in [3.05, 3.63) is 0 Å². The zero-order valence-electron chi connectivity index (χ0n) is 13.4. The Morgan fingerprint density at radius 2 is 1.63 bits per heavy atom. The summed E-state index contributed by atoms with van der Waals surface area (Å²) in [5.41, 5.74) is 5.79. The van der Waals surface area contributed by atoms with E-state index in [2.05, 4.69) is 18.7 Å². The van der Waals surface area contributed by atoms with E-state index in [4.69, 9.17) is 15.2 Å². The molecule has 0 radical (unpaired) electrons. The third-order valence-corrected chi connectivity index (χ3v) is 3.36. The first-order valence-corrected chi connectivity index (χ1v) is 7.56. The summed E-state index contributed by atoms with van der Waals surface area (Å²) in [6.45, 7) is 9.30. The minimum Gasteiger partial charge on any atom is -0.385 e. The van der Waals surface area contributed by atoms with Gasteiger partial charge in [0.05, 0.1) is 6.61 Å². The highest BCUT2D eigenvalue weighted by molar-refractivity contribution is 4.64. The lowest BCUT2D eigenvalue weighted by Crippen LogP contribution is -2.33. The lowest BCUT2D eigenvalue weighted by Gasteiger charge is -2.25. The summed E-state index contributed by atoms with van der Waals surface area (Å²) in [7, 11) is 3.52. The summed E-state index contributed by atoms with van der Waals surface area (Å²) in [6.07, 6.45) is 4.71. The van der Waals surface area contributed by atoms with Crippen molar-refractivity contribution in [2.75, 3.05) is 47.1 Å². The molecule has 2 atom stereocenters. The van der Waals surface area contributed by atoms with Gasteiger partial charge in [0.1, 0.15) is 0 Å². The van der Waals surface area contributed by atoms with Crippen LogP contribution in [0.25, 0.3) is 0 Å². The van der Waals surface area contributed by atoms with Gasteiger partial charge in [-0.3, -0.25) is 0 Å². The number of methoxy groups -OCH3 is 2. The summed E-state index contributed by atoms with van der Waals surface area (Å²) >= 11 is 0. The summed E-state index contributed by atoms with van der Waals surface area (Å²) in [6, 6.07) is 0.332. The Morgan fingerprint density at radius 3 is 2.21 bits per heavy atom. The van der Waals surface area contributed by atoms with E-state index in [1.54, 1.807) is 14.2 Å². The molecule has 0 bridgehead atoms. The van der Waals surface area contributed by atoms with Crippen molar-refractivity contribution in [3.8, 4) is 0 Å². The molecule has 0 aromatic carbocycles. The molecular formula is C15H34N2O2. The maximum atomic E-state index is 5.79. The molecular weight excluding hydrogens is 240 g/mol. The third kappa shape index (κ3) is 12.6. The Labute approximate surface area is 119 Å². The van der Waals surface area contributed by atoms with Crippen LogP contribution in [0.4, 0.5) is 0 Å². The predicted octanol–water partition coefficient (Wildman–Crippen LogP) is 2.12. The summed E-state index contributed by atoms with van der Waals surface area (Å²) in [4.78, 5) is 2.49. The molecule has 0 aromatic rings. The average Bonchev–Trinajstić information content (AvgIpc) is 2.35. The largest absolute Gasteiger partial charge is 0.385 e. The van der Waals surface area contributed by atoms with Crippen LogP contribution in [0.2, 0.25) is 0 Å². The Kier molecular flexibility index (Phi) is 12.7. The maximum absolute atomic E-state index is 5.79. The second kappa shape index (κ2) is 12.9. The molecule has 0 aliphatic rings. The zero-order chi connectivity index (χ0) is 14.5. The predicted molar refractivity (Wildman–Crippen MR) is 81.5 cm³/mol. The standard InChI is InChI=1S/C15H34N2O2/c1-14(7-5-8-15(2)16)13-17(10-12-19-4)9-6-11-18-3/h14-15H,5-13,16H2,1-4H3. The number of hydrogen-bond acceptors (Lipinski definition) is 4. The van der Waals surface area contributed by atoms with Gasteiger partial charge in [-0.15, -0.1) is 0 Å². The SMILES string of the molecule is COCCCN(CCOC)CC(C)CCCC(C)N. The first kappa shape index (κ1) is 18.8. The summed E-state index contributed by atoms with van der Waals surface area (Å²) in [5.74, 6) is 0.721. The molecule has 0 fully saturated rings. The van der Waals surface area contributed by atoms with E-state index in [0.29, 0.717) is 6.04 Å². The number of ether oxygens (including phenoxy) is 2. The molecule has 0 saturated heterocycles. The van der Waals surface area contributed by atoms with Gasteiger partial charge in [0.15, 0.2) is 0 Å². The Bertz CT molecular complexity index is 189. The summed E-state index contributed by atoms with van der Waals surface area (Å²) < 4.78 is 10.3. The molecule has 2 N–H and O–H groups in total. The Morgan fingerprint density at radius 1 is 0.947 bits per heavy atom. The van der Waals surface area contributed by atoms with Crippen LogP contribution >= 0.6 is 0 Å². The lowest BCUT2D eigenvalue weighted by molar-refractivity contribution is 0.123. The normalized spacial score (nSPS) is 14.8. The van der Waals surface area contributed by atoms with Crippen molar-refractivity contribution in [2.24, 2.45) is 11.7 Å². The minimum absolute atomic E-state index is 0.332. The van der Waals surface area contributed by atoms with Crippen molar-refractivity contribution in [1.82, 2.24) is 4.90 Å². The quantitative estimate of drug-likeness (QED) is 0.523.